The number of hydrogen-bond donors (Lipinski definition) is 1. The van der Waals surface area contributed by atoms with Crippen LogP contribution in [0.25, 0.3) is 0 Å². The Labute approximate surface area is 64.0 Å². The molecule has 1 nitrogen and oxygen atoms in total. The van der Waals surface area contributed by atoms with Crippen LogP contribution >= 0.6 is 0 Å². The fourth-order valence-electron chi connectivity index (χ4n) is 1.94. The Morgan fingerprint density at radius 1 is 1.30 bits per heavy atom. The summed E-state index contributed by atoms with van der Waals surface area (Å²) < 4.78 is 0. The second-order valence-electron chi connectivity index (χ2n) is 3.73. The summed E-state index contributed by atoms with van der Waals surface area (Å²) in [7, 11) is 0. The second-order valence-corrected chi connectivity index (χ2v) is 3.73. The molecule has 2 atom stereocenters. The average molecular weight is 141 g/mol. The Kier molecular flexibility index (Phi) is 3.20. The molecule has 0 heterocycles. The van der Waals surface area contributed by atoms with E-state index >= 15 is 0 Å². The first-order valence-electron chi connectivity index (χ1n) is 4.53. The van der Waals surface area contributed by atoms with Gasteiger partial charge in [0.05, 0.1) is 0 Å². The maximum absolute atomic E-state index is 5.63. The minimum atomic E-state index is 0.831. The number of nitrogens with two attached hydrogens (primary N) is 1. The zero-order valence-electron chi connectivity index (χ0n) is 6.97. The molecule has 60 valence electrons. The highest BCUT2D eigenvalue weighted by Crippen LogP contribution is 2.26. The molecule has 1 saturated carbocycles. The average Bonchev–Trinajstić information content (AvgIpc) is 2.13. The summed E-state index contributed by atoms with van der Waals surface area (Å²) in [5, 5.41) is 0. The van der Waals surface area contributed by atoms with Gasteiger partial charge in [0, 0.05) is 0 Å². The summed E-state index contributed by atoms with van der Waals surface area (Å²) >= 11 is 0. The van der Waals surface area contributed by atoms with Crippen molar-refractivity contribution in [3.63, 3.8) is 0 Å². The van der Waals surface area contributed by atoms with Crippen molar-refractivity contribution >= 4 is 0 Å². The molecule has 0 aliphatic heterocycles. The molecule has 0 spiro atoms. The lowest BCUT2D eigenvalue weighted by molar-refractivity contribution is 0.404. The van der Waals surface area contributed by atoms with E-state index in [2.05, 4.69) is 6.92 Å². The Hall–Kier alpha value is -0.0400. The van der Waals surface area contributed by atoms with Crippen molar-refractivity contribution in [2.75, 3.05) is 6.54 Å². The molecule has 1 aliphatic rings. The molecule has 0 saturated heterocycles. The van der Waals surface area contributed by atoms with Gasteiger partial charge in [0.2, 0.25) is 0 Å². The molecule has 0 aromatic heterocycles. The molecule has 0 bridgehead atoms. The molecule has 2 unspecified atom stereocenters. The van der Waals surface area contributed by atoms with Crippen molar-refractivity contribution in [2.45, 2.75) is 39.0 Å². The fraction of sp³-hybridized carbons (Fsp3) is 1.00. The van der Waals surface area contributed by atoms with Crippen LogP contribution in [0, 0.1) is 11.8 Å². The monoisotopic (exact) mass is 141 g/mol. The van der Waals surface area contributed by atoms with Crippen molar-refractivity contribution in [1.29, 1.82) is 0 Å². The fourth-order valence-corrected chi connectivity index (χ4v) is 1.94. The molecule has 0 aromatic rings. The summed E-state index contributed by atoms with van der Waals surface area (Å²) in [4.78, 5) is 0. The molecule has 0 radical (unpaired) electrons. The normalized spacial score (nSPS) is 35.4. The summed E-state index contributed by atoms with van der Waals surface area (Å²) in [5.41, 5.74) is 5.63. The molecule has 0 amide bonds. The SMILES string of the molecule is CC1CCCCC(CN)C1. The van der Waals surface area contributed by atoms with E-state index in [1.54, 1.807) is 0 Å². The van der Waals surface area contributed by atoms with Crippen LogP contribution in [0.15, 0.2) is 0 Å². The largest absolute Gasteiger partial charge is 0.330 e. The van der Waals surface area contributed by atoms with E-state index < -0.39 is 0 Å². The van der Waals surface area contributed by atoms with Crippen LogP contribution in [0.3, 0.4) is 0 Å². The van der Waals surface area contributed by atoms with Gasteiger partial charge in [-0.25, -0.2) is 0 Å². The topological polar surface area (TPSA) is 26.0 Å². The van der Waals surface area contributed by atoms with E-state index in [4.69, 9.17) is 5.73 Å². The van der Waals surface area contributed by atoms with Gasteiger partial charge < -0.3 is 5.73 Å². The molecular weight excluding hydrogens is 122 g/mol. The maximum Gasteiger partial charge on any atom is -0.00488 e. The highest BCUT2D eigenvalue weighted by molar-refractivity contribution is 4.68. The van der Waals surface area contributed by atoms with Gasteiger partial charge in [-0.1, -0.05) is 26.2 Å². The standard InChI is InChI=1S/C9H19N/c1-8-4-2-3-5-9(6-8)7-10/h8-9H,2-7,10H2,1H3. The van der Waals surface area contributed by atoms with Gasteiger partial charge in [-0.2, -0.15) is 0 Å². The van der Waals surface area contributed by atoms with Gasteiger partial charge in [0.1, 0.15) is 0 Å². The van der Waals surface area contributed by atoms with Crippen molar-refractivity contribution < 1.29 is 0 Å². The van der Waals surface area contributed by atoms with Crippen LogP contribution in [-0.2, 0) is 0 Å². The zero-order chi connectivity index (χ0) is 7.40. The number of hydrogen-bond acceptors (Lipinski definition) is 1. The molecule has 1 rings (SSSR count). The Balaban J connectivity index is 2.30. The Morgan fingerprint density at radius 3 is 2.70 bits per heavy atom. The van der Waals surface area contributed by atoms with Crippen molar-refractivity contribution in [3.8, 4) is 0 Å². The minimum Gasteiger partial charge on any atom is -0.330 e. The maximum atomic E-state index is 5.63. The lowest BCUT2D eigenvalue weighted by Crippen LogP contribution is -2.15. The van der Waals surface area contributed by atoms with Gasteiger partial charge >= 0.3 is 0 Å². The molecule has 1 aliphatic carbocycles. The van der Waals surface area contributed by atoms with Crippen LogP contribution < -0.4 is 5.73 Å². The minimum absolute atomic E-state index is 0.831. The lowest BCUT2D eigenvalue weighted by Gasteiger charge is -2.13. The van der Waals surface area contributed by atoms with E-state index in [0.717, 1.165) is 18.4 Å². The third kappa shape index (κ3) is 2.30. The van der Waals surface area contributed by atoms with E-state index in [1.807, 2.05) is 0 Å². The van der Waals surface area contributed by atoms with Gasteiger partial charge in [-0.3, -0.25) is 0 Å². The van der Waals surface area contributed by atoms with Gasteiger partial charge in [-0.15, -0.1) is 0 Å². The third-order valence-electron chi connectivity index (χ3n) is 2.63. The predicted molar refractivity (Wildman–Crippen MR) is 44.8 cm³/mol. The second kappa shape index (κ2) is 3.97. The molecule has 10 heavy (non-hydrogen) atoms. The van der Waals surface area contributed by atoms with Crippen molar-refractivity contribution in [2.24, 2.45) is 17.6 Å². The summed E-state index contributed by atoms with van der Waals surface area (Å²) in [6.45, 7) is 3.26. The molecular formula is C9H19N. The van der Waals surface area contributed by atoms with Crippen LogP contribution in [0.4, 0.5) is 0 Å². The van der Waals surface area contributed by atoms with Crippen LogP contribution in [0.1, 0.15) is 39.0 Å². The van der Waals surface area contributed by atoms with Gasteiger partial charge in [0.15, 0.2) is 0 Å². The van der Waals surface area contributed by atoms with Crippen LogP contribution in [0.5, 0.6) is 0 Å². The van der Waals surface area contributed by atoms with Gasteiger partial charge in [0.25, 0.3) is 0 Å². The molecule has 1 heteroatoms. The summed E-state index contributed by atoms with van der Waals surface area (Å²) in [5.74, 6) is 1.76. The molecule has 2 N–H and O–H groups in total. The van der Waals surface area contributed by atoms with Crippen LogP contribution in [0.2, 0.25) is 0 Å². The smallest absolute Gasteiger partial charge is 0.00488 e. The summed E-state index contributed by atoms with van der Waals surface area (Å²) in [6, 6.07) is 0. The van der Waals surface area contributed by atoms with Crippen molar-refractivity contribution in [1.82, 2.24) is 0 Å². The molecule has 1 fully saturated rings. The first kappa shape index (κ1) is 8.06. The summed E-state index contributed by atoms with van der Waals surface area (Å²) in [6.07, 6.45) is 7.01. The van der Waals surface area contributed by atoms with Gasteiger partial charge in [-0.05, 0) is 31.2 Å². The highest BCUT2D eigenvalue weighted by Gasteiger charge is 2.14. The van der Waals surface area contributed by atoms with Crippen molar-refractivity contribution in [3.05, 3.63) is 0 Å². The van der Waals surface area contributed by atoms with E-state index in [9.17, 15) is 0 Å². The zero-order valence-corrected chi connectivity index (χ0v) is 6.97. The highest BCUT2D eigenvalue weighted by atomic mass is 14.5. The Morgan fingerprint density at radius 2 is 2.00 bits per heavy atom. The quantitative estimate of drug-likeness (QED) is 0.556. The Bertz CT molecular complexity index is 90.7. The van der Waals surface area contributed by atoms with E-state index in [0.29, 0.717) is 0 Å². The van der Waals surface area contributed by atoms with E-state index in [1.165, 1.54) is 32.1 Å². The molecule has 0 aromatic carbocycles. The third-order valence-corrected chi connectivity index (χ3v) is 2.63. The lowest BCUT2D eigenvalue weighted by atomic mass is 9.95. The van der Waals surface area contributed by atoms with Crippen LogP contribution in [-0.4, -0.2) is 6.54 Å². The first-order valence-corrected chi connectivity index (χ1v) is 4.53. The number of rotatable bonds is 1. The first-order chi connectivity index (χ1) is 4.83. The van der Waals surface area contributed by atoms with E-state index in [-0.39, 0.29) is 0 Å². The predicted octanol–water partition coefficient (Wildman–Crippen LogP) is 2.16.